The van der Waals surface area contributed by atoms with Crippen LogP contribution in [0.2, 0.25) is 0 Å². The Hall–Kier alpha value is -2.63. The van der Waals surface area contributed by atoms with Crippen molar-refractivity contribution in [1.29, 1.82) is 0 Å². The van der Waals surface area contributed by atoms with Crippen molar-refractivity contribution in [2.75, 3.05) is 13.1 Å². The van der Waals surface area contributed by atoms with Crippen LogP contribution in [0.1, 0.15) is 63.5 Å². The summed E-state index contributed by atoms with van der Waals surface area (Å²) < 4.78 is 0. The van der Waals surface area contributed by atoms with Gasteiger partial charge in [0.25, 0.3) is 5.91 Å². The third-order valence-electron chi connectivity index (χ3n) is 5.80. The summed E-state index contributed by atoms with van der Waals surface area (Å²) in [5, 5.41) is 5.59. The van der Waals surface area contributed by atoms with Gasteiger partial charge < -0.3 is 10.6 Å². The van der Waals surface area contributed by atoms with Crippen LogP contribution in [0.5, 0.6) is 0 Å². The van der Waals surface area contributed by atoms with Gasteiger partial charge in [-0.1, -0.05) is 49.3 Å². The van der Waals surface area contributed by atoms with E-state index in [9.17, 15) is 14.4 Å². The molecule has 1 heterocycles. The van der Waals surface area contributed by atoms with Crippen molar-refractivity contribution >= 4 is 17.8 Å². The molecule has 1 aromatic carbocycles. The van der Waals surface area contributed by atoms with E-state index in [1.54, 1.807) is 6.92 Å². The Morgan fingerprint density at radius 2 is 1.93 bits per heavy atom. The lowest BCUT2D eigenvalue weighted by Gasteiger charge is -2.22. The Labute approximate surface area is 172 Å². The van der Waals surface area contributed by atoms with E-state index < -0.39 is 17.5 Å². The van der Waals surface area contributed by atoms with E-state index >= 15 is 0 Å². The maximum absolute atomic E-state index is 13.0. The van der Waals surface area contributed by atoms with E-state index in [4.69, 9.17) is 0 Å². The van der Waals surface area contributed by atoms with Crippen LogP contribution in [0, 0.1) is 0 Å². The summed E-state index contributed by atoms with van der Waals surface area (Å²) in [4.78, 5) is 38.7. The van der Waals surface area contributed by atoms with Crippen molar-refractivity contribution < 1.29 is 14.4 Å². The van der Waals surface area contributed by atoms with Crippen molar-refractivity contribution in [2.45, 2.75) is 64.3 Å². The van der Waals surface area contributed by atoms with E-state index in [1.807, 2.05) is 24.3 Å². The quantitative estimate of drug-likeness (QED) is 0.521. The Kier molecular flexibility index (Phi) is 6.72. The van der Waals surface area contributed by atoms with Crippen LogP contribution in [-0.2, 0) is 21.5 Å². The van der Waals surface area contributed by atoms with Gasteiger partial charge in [0.05, 0.1) is 0 Å². The van der Waals surface area contributed by atoms with Crippen LogP contribution in [0.3, 0.4) is 0 Å². The molecule has 156 valence electrons. The van der Waals surface area contributed by atoms with Gasteiger partial charge >= 0.3 is 6.03 Å². The number of rotatable bonds is 8. The summed E-state index contributed by atoms with van der Waals surface area (Å²) in [6, 6.07) is 7.20. The van der Waals surface area contributed by atoms with Gasteiger partial charge in [-0.15, -0.1) is 0 Å². The van der Waals surface area contributed by atoms with Crippen molar-refractivity contribution in [3.05, 3.63) is 47.0 Å². The number of benzene rings is 1. The molecule has 1 aliphatic heterocycles. The lowest BCUT2D eigenvalue weighted by Crippen LogP contribution is -2.43. The molecule has 1 aliphatic carbocycles. The smallest absolute Gasteiger partial charge is 0.325 e. The minimum absolute atomic E-state index is 0.257. The van der Waals surface area contributed by atoms with Gasteiger partial charge in [0.15, 0.2) is 0 Å². The van der Waals surface area contributed by atoms with E-state index in [1.165, 1.54) is 24.0 Å². The van der Waals surface area contributed by atoms with Crippen LogP contribution in [0.25, 0.3) is 0 Å². The summed E-state index contributed by atoms with van der Waals surface area (Å²) in [6.07, 6.45) is 9.76. The molecular formula is C23H31N3O3. The van der Waals surface area contributed by atoms with Crippen LogP contribution >= 0.6 is 0 Å². The highest BCUT2D eigenvalue weighted by Crippen LogP contribution is 2.29. The summed E-state index contributed by atoms with van der Waals surface area (Å²) in [7, 11) is 0. The number of carbonyl (C=O) groups is 3. The zero-order valence-electron chi connectivity index (χ0n) is 17.4. The molecule has 0 spiro atoms. The van der Waals surface area contributed by atoms with Crippen LogP contribution in [0.15, 0.2) is 35.9 Å². The zero-order chi connectivity index (χ0) is 20.9. The first-order chi connectivity index (χ1) is 13.9. The number of urea groups is 1. The molecule has 29 heavy (non-hydrogen) atoms. The van der Waals surface area contributed by atoms with Crippen molar-refractivity contribution in [3.8, 4) is 0 Å². The maximum Gasteiger partial charge on any atom is 0.325 e. The number of hydrogen-bond acceptors (Lipinski definition) is 3. The monoisotopic (exact) mass is 397 g/mol. The average Bonchev–Trinajstić information content (AvgIpc) is 2.93. The number of imide groups is 1. The first-order valence-corrected chi connectivity index (χ1v) is 10.6. The molecule has 1 saturated heterocycles. The van der Waals surface area contributed by atoms with Gasteiger partial charge in [0.2, 0.25) is 5.91 Å². The minimum Gasteiger partial charge on any atom is -0.354 e. The van der Waals surface area contributed by atoms with E-state index in [0.29, 0.717) is 6.54 Å². The summed E-state index contributed by atoms with van der Waals surface area (Å²) in [6.45, 7) is 4.08. The fraction of sp³-hybridized carbons (Fsp3) is 0.522. The normalized spacial score (nSPS) is 21.7. The fourth-order valence-electron chi connectivity index (χ4n) is 4.02. The number of amides is 4. The molecule has 0 aromatic heterocycles. The standard InChI is InChI=1S/C23H31N3O3/c1-3-7-17-10-12-19(13-11-17)23(2)21(28)26(22(29)25-23)16-20(27)24-15-14-18-8-5-4-6-9-18/h8,10-13H,3-7,9,14-16H2,1-2H3,(H,24,27)(H,25,29)/t23-/m0/s1. The molecule has 0 saturated carbocycles. The number of aryl methyl sites for hydroxylation is 1. The van der Waals surface area contributed by atoms with Crippen molar-refractivity contribution in [2.24, 2.45) is 0 Å². The van der Waals surface area contributed by atoms with Gasteiger partial charge in [-0.2, -0.15) is 0 Å². The molecule has 0 unspecified atom stereocenters. The van der Waals surface area contributed by atoms with Gasteiger partial charge in [-0.3, -0.25) is 14.5 Å². The van der Waals surface area contributed by atoms with E-state index in [0.717, 1.165) is 42.6 Å². The van der Waals surface area contributed by atoms with Crippen LogP contribution < -0.4 is 10.6 Å². The summed E-state index contributed by atoms with van der Waals surface area (Å²) in [5.41, 5.74) is 2.16. The van der Waals surface area contributed by atoms with Gasteiger partial charge in [-0.25, -0.2) is 4.79 Å². The van der Waals surface area contributed by atoms with E-state index in [2.05, 4.69) is 23.6 Å². The number of nitrogens with zero attached hydrogens (tertiary/aromatic N) is 1. The Morgan fingerprint density at radius 3 is 2.59 bits per heavy atom. The molecule has 3 rings (SSSR count). The molecule has 1 aromatic rings. The Bertz CT molecular complexity index is 800. The molecule has 0 bridgehead atoms. The summed E-state index contributed by atoms with van der Waals surface area (Å²) in [5.74, 6) is -0.705. The maximum atomic E-state index is 13.0. The Balaban J connectivity index is 1.57. The molecule has 6 heteroatoms. The fourth-order valence-corrected chi connectivity index (χ4v) is 4.02. The molecule has 2 aliphatic rings. The minimum atomic E-state index is -1.14. The third-order valence-corrected chi connectivity index (χ3v) is 5.80. The molecule has 1 fully saturated rings. The molecule has 4 amide bonds. The predicted octanol–water partition coefficient (Wildman–Crippen LogP) is 3.41. The predicted molar refractivity (Wildman–Crippen MR) is 112 cm³/mol. The highest BCUT2D eigenvalue weighted by molar-refractivity contribution is 6.09. The van der Waals surface area contributed by atoms with Crippen LogP contribution in [-0.4, -0.2) is 35.8 Å². The van der Waals surface area contributed by atoms with E-state index in [-0.39, 0.29) is 12.5 Å². The number of nitrogens with one attached hydrogen (secondary N) is 2. The van der Waals surface area contributed by atoms with Crippen molar-refractivity contribution in [1.82, 2.24) is 15.5 Å². The highest BCUT2D eigenvalue weighted by atomic mass is 16.2. The molecule has 6 nitrogen and oxygen atoms in total. The molecule has 2 N–H and O–H groups in total. The number of hydrogen-bond donors (Lipinski definition) is 2. The lowest BCUT2D eigenvalue weighted by atomic mass is 9.91. The first-order valence-electron chi connectivity index (χ1n) is 10.6. The van der Waals surface area contributed by atoms with Gasteiger partial charge in [-0.05, 0) is 56.6 Å². The first kappa shape index (κ1) is 21.1. The lowest BCUT2D eigenvalue weighted by molar-refractivity contribution is -0.134. The van der Waals surface area contributed by atoms with Gasteiger partial charge in [0, 0.05) is 6.54 Å². The molecule has 0 radical (unpaired) electrons. The Morgan fingerprint density at radius 1 is 1.17 bits per heavy atom. The second kappa shape index (κ2) is 9.25. The third kappa shape index (κ3) is 4.86. The van der Waals surface area contributed by atoms with Gasteiger partial charge in [0.1, 0.15) is 12.1 Å². The second-order valence-electron chi connectivity index (χ2n) is 8.10. The zero-order valence-corrected chi connectivity index (χ0v) is 17.4. The molecular weight excluding hydrogens is 366 g/mol. The number of carbonyl (C=O) groups excluding carboxylic acids is 3. The van der Waals surface area contributed by atoms with Crippen molar-refractivity contribution in [3.63, 3.8) is 0 Å². The SMILES string of the molecule is CCCc1ccc([C@]2(C)NC(=O)N(CC(=O)NCCC3=CCCCC3)C2=O)cc1. The number of allylic oxidation sites excluding steroid dienone is 1. The van der Waals surface area contributed by atoms with Crippen LogP contribution in [0.4, 0.5) is 4.79 Å². The molecule has 1 atom stereocenters. The highest BCUT2D eigenvalue weighted by Gasteiger charge is 2.49. The summed E-state index contributed by atoms with van der Waals surface area (Å²) >= 11 is 0. The largest absolute Gasteiger partial charge is 0.354 e. The second-order valence-corrected chi connectivity index (χ2v) is 8.10. The average molecular weight is 398 g/mol. The topological polar surface area (TPSA) is 78.5 Å².